The van der Waals surface area contributed by atoms with Crippen molar-refractivity contribution in [3.05, 3.63) is 11.3 Å². The molecule has 2 aliphatic carbocycles. The lowest BCUT2D eigenvalue weighted by atomic mass is 9.68. The van der Waals surface area contributed by atoms with Crippen molar-refractivity contribution in [1.29, 1.82) is 0 Å². The van der Waals surface area contributed by atoms with E-state index in [0.717, 1.165) is 43.4 Å². The van der Waals surface area contributed by atoms with Gasteiger partial charge in [0.05, 0.1) is 0 Å². The lowest BCUT2D eigenvalue weighted by molar-refractivity contribution is -0.127. The molecular weight excluding hydrogens is 226 g/mol. The number of hydrogen-bond acceptors (Lipinski definition) is 3. The van der Waals surface area contributed by atoms with Gasteiger partial charge in [-0.25, -0.2) is 0 Å². The Hall–Kier alpha value is -0.830. The van der Waals surface area contributed by atoms with E-state index in [9.17, 15) is 4.79 Å². The largest absolute Gasteiger partial charge is 0.477 e. The summed E-state index contributed by atoms with van der Waals surface area (Å²) in [5.74, 6) is 1.75. The van der Waals surface area contributed by atoms with Crippen LogP contribution in [0.1, 0.15) is 52.4 Å². The maximum absolute atomic E-state index is 12.4. The van der Waals surface area contributed by atoms with E-state index in [1.807, 2.05) is 7.05 Å². The number of nitrogens with one attached hydrogen (secondary N) is 1. The molecule has 1 aliphatic heterocycles. The van der Waals surface area contributed by atoms with E-state index in [1.165, 1.54) is 0 Å². The van der Waals surface area contributed by atoms with E-state index in [-0.39, 0.29) is 11.1 Å². The van der Waals surface area contributed by atoms with E-state index in [2.05, 4.69) is 19.2 Å². The zero-order valence-corrected chi connectivity index (χ0v) is 11.6. The highest BCUT2D eigenvalue weighted by molar-refractivity contribution is 5.97. The third-order valence-corrected chi connectivity index (χ3v) is 4.77. The molecule has 0 aromatic rings. The first-order valence-corrected chi connectivity index (χ1v) is 7.09. The highest BCUT2D eigenvalue weighted by Crippen LogP contribution is 2.50. The summed E-state index contributed by atoms with van der Waals surface area (Å²) in [5.41, 5.74) is 0.881. The third-order valence-electron chi connectivity index (χ3n) is 4.77. The molecule has 100 valence electrons. The Balaban J connectivity index is 2.01. The molecule has 2 bridgehead atoms. The molecule has 1 saturated carbocycles. The minimum absolute atomic E-state index is 0.0521. The standard InChI is InChI=1S/C15H23NO2/c1-14(2)8-11(17)13-10-5-4-6-15(7-10,16-3)18-12(13)9-14/h10,16H,4-9H2,1-3H3/t10-,15+/m1/s1. The van der Waals surface area contributed by atoms with Gasteiger partial charge in [0.15, 0.2) is 11.5 Å². The molecule has 0 radical (unpaired) electrons. The highest BCUT2D eigenvalue weighted by atomic mass is 16.5. The molecule has 1 heterocycles. The molecule has 18 heavy (non-hydrogen) atoms. The molecule has 0 unspecified atom stereocenters. The summed E-state index contributed by atoms with van der Waals surface area (Å²) in [6.07, 6.45) is 5.92. The van der Waals surface area contributed by atoms with Crippen molar-refractivity contribution in [3.8, 4) is 0 Å². The predicted molar refractivity (Wildman–Crippen MR) is 69.9 cm³/mol. The van der Waals surface area contributed by atoms with Crippen LogP contribution >= 0.6 is 0 Å². The Morgan fingerprint density at radius 1 is 1.33 bits per heavy atom. The SMILES string of the molecule is CN[C@]12CCC[C@H](C1)C1=C(CC(C)(C)CC1=O)O2. The van der Waals surface area contributed by atoms with Gasteiger partial charge in [-0.05, 0) is 31.2 Å². The van der Waals surface area contributed by atoms with E-state index >= 15 is 0 Å². The minimum atomic E-state index is -0.199. The fourth-order valence-electron chi connectivity index (χ4n) is 3.91. The van der Waals surface area contributed by atoms with Gasteiger partial charge in [0, 0.05) is 31.3 Å². The first-order chi connectivity index (χ1) is 8.45. The Labute approximate surface area is 109 Å². The summed E-state index contributed by atoms with van der Waals surface area (Å²) >= 11 is 0. The van der Waals surface area contributed by atoms with Crippen LogP contribution < -0.4 is 5.32 Å². The number of allylic oxidation sites excluding steroid dienone is 2. The van der Waals surface area contributed by atoms with Crippen molar-refractivity contribution in [2.45, 2.75) is 58.1 Å². The zero-order chi connectivity index (χ0) is 13.0. The van der Waals surface area contributed by atoms with E-state index in [1.54, 1.807) is 0 Å². The van der Waals surface area contributed by atoms with Crippen LogP contribution in [0.4, 0.5) is 0 Å². The number of carbonyl (C=O) groups is 1. The van der Waals surface area contributed by atoms with Crippen molar-refractivity contribution < 1.29 is 9.53 Å². The zero-order valence-electron chi connectivity index (χ0n) is 11.6. The number of hydrogen-bond donors (Lipinski definition) is 1. The first-order valence-electron chi connectivity index (χ1n) is 7.09. The highest BCUT2D eigenvalue weighted by Gasteiger charge is 2.48. The van der Waals surface area contributed by atoms with E-state index < -0.39 is 0 Å². The average molecular weight is 249 g/mol. The van der Waals surface area contributed by atoms with Gasteiger partial charge in [-0.3, -0.25) is 10.1 Å². The van der Waals surface area contributed by atoms with Gasteiger partial charge in [0.2, 0.25) is 0 Å². The number of fused-ring (bicyclic) bond motifs is 3. The van der Waals surface area contributed by atoms with Crippen LogP contribution in [-0.2, 0) is 9.53 Å². The quantitative estimate of drug-likeness (QED) is 0.776. The number of rotatable bonds is 1. The maximum atomic E-state index is 12.4. The van der Waals surface area contributed by atoms with Gasteiger partial charge >= 0.3 is 0 Å². The van der Waals surface area contributed by atoms with Crippen LogP contribution in [0.2, 0.25) is 0 Å². The smallest absolute Gasteiger partial charge is 0.163 e. The van der Waals surface area contributed by atoms with Crippen molar-refractivity contribution in [2.24, 2.45) is 11.3 Å². The van der Waals surface area contributed by atoms with Crippen LogP contribution in [0.25, 0.3) is 0 Å². The third kappa shape index (κ3) is 1.80. The predicted octanol–water partition coefficient (Wildman–Crippen LogP) is 2.77. The summed E-state index contributed by atoms with van der Waals surface area (Å²) in [7, 11) is 1.98. The van der Waals surface area contributed by atoms with Gasteiger partial charge < -0.3 is 4.74 Å². The van der Waals surface area contributed by atoms with Gasteiger partial charge in [0.1, 0.15) is 5.76 Å². The normalized spacial score (nSPS) is 38.2. The Morgan fingerprint density at radius 3 is 2.83 bits per heavy atom. The van der Waals surface area contributed by atoms with Crippen LogP contribution in [-0.4, -0.2) is 18.6 Å². The van der Waals surface area contributed by atoms with Crippen LogP contribution in [0.3, 0.4) is 0 Å². The topological polar surface area (TPSA) is 38.3 Å². The molecule has 0 aromatic carbocycles. The molecular formula is C15H23NO2. The lowest BCUT2D eigenvalue weighted by Crippen LogP contribution is -2.53. The van der Waals surface area contributed by atoms with Gasteiger partial charge in [-0.15, -0.1) is 0 Å². The molecule has 0 spiro atoms. The van der Waals surface area contributed by atoms with Gasteiger partial charge in [-0.2, -0.15) is 0 Å². The Kier molecular flexibility index (Phi) is 2.60. The summed E-state index contributed by atoms with van der Waals surface area (Å²) < 4.78 is 6.25. The molecule has 0 aromatic heterocycles. The average Bonchev–Trinajstić information content (AvgIpc) is 2.26. The molecule has 0 amide bonds. The van der Waals surface area contributed by atoms with Crippen molar-refractivity contribution >= 4 is 5.78 Å². The van der Waals surface area contributed by atoms with Crippen molar-refractivity contribution in [1.82, 2.24) is 5.32 Å². The molecule has 3 rings (SSSR count). The van der Waals surface area contributed by atoms with Crippen molar-refractivity contribution in [2.75, 3.05) is 7.05 Å². The van der Waals surface area contributed by atoms with E-state index in [0.29, 0.717) is 18.1 Å². The van der Waals surface area contributed by atoms with Gasteiger partial charge in [-0.1, -0.05) is 13.8 Å². The Morgan fingerprint density at radius 2 is 2.11 bits per heavy atom. The second-order valence-corrected chi connectivity index (χ2v) is 6.92. The molecule has 0 saturated heterocycles. The van der Waals surface area contributed by atoms with Crippen molar-refractivity contribution in [3.63, 3.8) is 0 Å². The number of Topliss-reactive ketones (excluding diaryl/α,β-unsaturated/α-hetero) is 1. The monoisotopic (exact) mass is 249 g/mol. The molecule has 2 atom stereocenters. The first kappa shape index (κ1) is 12.2. The fourth-order valence-corrected chi connectivity index (χ4v) is 3.91. The lowest BCUT2D eigenvalue weighted by Gasteiger charge is -2.49. The fraction of sp³-hybridized carbons (Fsp3) is 0.800. The minimum Gasteiger partial charge on any atom is -0.477 e. The molecule has 3 aliphatic rings. The summed E-state index contributed by atoms with van der Waals surface area (Å²) in [6, 6.07) is 0. The van der Waals surface area contributed by atoms with E-state index in [4.69, 9.17) is 4.74 Å². The second kappa shape index (κ2) is 3.83. The number of carbonyl (C=O) groups excluding carboxylic acids is 1. The number of ketones is 1. The maximum Gasteiger partial charge on any atom is 0.163 e. The summed E-state index contributed by atoms with van der Waals surface area (Å²) in [6.45, 7) is 4.32. The van der Waals surface area contributed by atoms with Crippen LogP contribution in [0.5, 0.6) is 0 Å². The second-order valence-electron chi connectivity index (χ2n) is 6.92. The van der Waals surface area contributed by atoms with Gasteiger partial charge in [0.25, 0.3) is 0 Å². The molecule has 3 nitrogen and oxygen atoms in total. The number of ether oxygens (including phenoxy) is 1. The van der Waals surface area contributed by atoms with Crippen LogP contribution in [0.15, 0.2) is 11.3 Å². The molecule has 1 N–H and O–H groups in total. The molecule has 1 fully saturated rings. The Bertz CT molecular complexity index is 424. The molecule has 3 heteroatoms. The summed E-state index contributed by atoms with van der Waals surface area (Å²) in [4.78, 5) is 12.4. The van der Waals surface area contributed by atoms with Crippen LogP contribution in [0, 0.1) is 11.3 Å². The summed E-state index contributed by atoms with van der Waals surface area (Å²) in [5, 5.41) is 3.36.